The standard InChI is InChI=1S/C22H24N4O3/c27-21(24-28)9-7-17-6-8-20-19(16-17)23-22(18-4-2-1-3-5-18)26(20)11-10-25-12-14-29-15-13-25/h1-9,16,28H,10-15H2,(H,24,27)/b9-7+. The summed E-state index contributed by atoms with van der Waals surface area (Å²) in [6.45, 7) is 5.25. The van der Waals surface area contributed by atoms with Crippen molar-refractivity contribution in [3.8, 4) is 11.4 Å². The van der Waals surface area contributed by atoms with E-state index in [1.807, 2.05) is 36.4 Å². The Hall–Kier alpha value is -3.00. The molecule has 0 aliphatic carbocycles. The Morgan fingerprint density at radius 2 is 1.93 bits per heavy atom. The molecule has 2 heterocycles. The van der Waals surface area contributed by atoms with Crippen molar-refractivity contribution in [2.75, 3.05) is 32.8 Å². The van der Waals surface area contributed by atoms with E-state index < -0.39 is 5.91 Å². The van der Waals surface area contributed by atoms with Crippen molar-refractivity contribution in [3.05, 3.63) is 60.2 Å². The van der Waals surface area contributed by atoms with Gasteiger partial charge in [-0.15, -0.1) is 0 Å². The van der Waals surface area contributed by atoms with Gasteiger partial charge in [-0.1, -0.05) is 36.4 Å². The number of rotatable bonds is 6. The lowest BCUT2D eigenvalue weighted by Crippen LogP contribution is -2.38. The lowest BCUT2D eigenvalue weighted by Gasteiger charge is -2.27. The van der Waals surface area contributed by atoms with Crippen LogP contribution in [-0.2, 0) is 16.1 Å². The van der Waals surface area contributed by atoms with Crippen LogP contribution in [0.2, 0.25) is 0 Å². The molecule has 0 unspecified atom stereocenters. The molecular weight excluding hydrogens is 368 g/mol. The maximum atomic E-state index is 11.2. The zero-order valence-corrected chi connectivity index (χ0v) is 16.1. The first-order chi connectivity index (χ1) is 14.2. The zero-order chi connectivity index (χ0) is 20.1. The molecule has 4 rings (SSSR count). The minimum absolute atomic E-state index is 0.564. The van der Waals surface area contributed by atoms with Gasteiger partial charge in [-0.25, -0.2) is 10.5 Å². The van der Waals surface area contributed by atoms with Crippen molar-refractivity contribution in [3.63, 3.8) is 0 Å². The summed E-state index contributed by atoms with van der Waals surface area (Å²) in [5, 5.41) is 8.64. The number of carbonyl (C=O) groups excluding carboxylic acids is 1. The summed E-state index contributed by atoms with van der Waals surface area (Å²) in [6, 6.07) is 16.1. The molecular formula is C22H24N4O3. The summed E-state index contributed by atoms with van der Waals surface area (Å²) in [5.74, 6) is 0.370. The van der Waals surface area contributed by atoms with Crippen molar-refractivity contribution in [1.29, 1.82) is 0 Å². The molecule has 1 aliphatic heterocycles. The van der Waals surface area contributed by atoms with E-state index in [0.29, 0.717) is 0 Å². The fourth-order valence-electron chi connectivity index (χ4n) is 3.56. The number of benzene rings is 2. The lowest BCUT2D eigenvalue weighted by molar-refractivity contribution is -0.124. The first-order valence-electron chi connectivity index (χ1n) is 9.72. The molecule has 1 aliphatic rings. The maximum Gasteiger partial charge on any atom is 0.267 e. The average Bonchev–Trinajstić information content (AvgIpc) is 3.15. The van der Waals surface area contributed by atoms with Gasteiger partial charge in [0.25, 0.3) is 5.91 Å². The molecule has 0 atom stereocenters. The number of amides is 1. The quantitative estimate of drug-likeness (QED) is 0.383. The van der Waals surface area contributed by atoms with Gasteiger partial charge in [-0.2, -0.15) is 0 Å². The summed E-state index contributed by atoms with van der Waals surface area (Å²) in [7, 11) is 0. The van der Waals surface area contributed by atoms with E-state index in [1.54, 1.807) is 11.6 Å². The molecule has 1 amide bonds. The minimum Gasteiger partial charge on any atom is -0.379 e. The van der Waals surface area contributed by atoms with Crippen molar-refractivity contribution < 1.29 is 14.7 Å². The maximum absolute atomic E-state index is 11.2. The molecule has 1 aromatic heterocycles. The Morgan fingerprint density at radius 1 is 1.14 bits per heavy atom. The third kappa shape index (κ3) is 4.54. The number of carbonyl (C=O) groups is 1. The van der Waals surface area contributed by atoms with Gasteiger partial charge in [0.2, 0.25) is 0 Å². The third-order valence-electron chi connectivity index (χ3n) is 5.09. The van der Waals surface area contributed by atoms with Crippen LogP contribution in [0.5, 0.6) is 0 Å². The summed E-state index contributed by atoms with van der Waals surface area (Å²) >= 11 is 0. The smallest absolute Gasteiger partial charge is 0.267 e. The number of morpholine rings is 1. The summed E-state index contributed by atoms with van der Waals surface area (Å²) in [6.07, 6.45) is 2.94. The molecule has 1 fully saturated rings. The molecule has 7 heteroatoms. The molecule has 3 aromatic rings. The van der Waals surface area contributed by atoms with Gasteiger partial charge in [0.15, 0.2) is 0 Å². The highest BCUT2D eigenvalue weighted by molar-refractivity contribution is 5.91. The molecule has 150 valence electrons. The highest BCUT2D eigenvalue weighted by atomic mass is 16.5. The van der Waals surface area contributed by atoms with Crippen LogP contribution in [0, 0.1) is 0 Å². The first-order valence-corrected chi connectivity index (χ1v) is 9.72. The Bertz CT molecular complexity index is 1010. The van der Waals surface area contributed by atoms with E-state index in [4.69, 9.17) is 14.9 Å². The van der Waals surface area contributed by atoms with Crippen LogP contribution in [0.1, 0.15) is 5.56 Å². The normalized spacial score (nSPS) is 15.2. The largest absolute Gasteiger partial charge is 0.379 e. The molecule has 0 spiro atoms. The van der Waals surface area contributed by atoms with Crippen molar-refractivity contribution in [2.45, 2.75) is 6.54 Å². The van der Waals surface area contributed by atoms with Gasteiger partial charge in [0, 0.05) is 37.8 Å². The highest BCUT2D eigenvalue weighted by Gasteiger charge is 2.15. The number of nitrogens with zero attached hydrogens (tertiary/aromatic N) is 3. The molecule has 2 N–H and O–H groups in total. The Kier molecular flexibility index (Phi) is 6.00. The van der Waals surface area contributed by atoms with Crippen LogP contribution >= 0.6 is 0 Å². The molecule has 2 aromatic carbocycles. The predicted molar refractivity (Wildman–Crippen MR) is 111 cm³/mol. The number of hydrogen-bond donors (Lipinski definition) is 2. The molecule has 0 bridgehead atoms. The van der Waals surface area contributed by atoms with Gasteiger partial charge >= 0.3 is 0 Å². The van der Waals surface area contributed by atoms with Crippen LogP contribution in [0.15, 0.2) is 54.6 Å². The number of hydrogen-bond acceptors (Lipinski definition) is 5. The molecule has 0 saturated carbocycles. The SMILES string of the molecule is O=C(/C=C/c1ccc2c(c1)nc(-c1ccccc1)n2CCN1CCOCC1)NO. The zero-order valence-electron chi connectivity index (χ0n) is 16.1. The fourth-order valence-corrected chi connectivity index (χ4v) is 3.56. The topological polar surface area (TPSA) is 79.6 Å². The Labute approximate surface area is 169 Å². The van der Waals surface area contributed by atoms with Gasteiger partial charge in [0.1, 0.15) is 5.82 Å². The Balaban J connectivity index is 1.68. The third-order valence-corrected chi connectivity index (χ3v) is 5.09. The average molecular weight is 392 g/mol. The van der Waals surface area contributed by atoms with Gasteiger partial charge in [0.05, 0.1) is 24.2 Å². The number of imidazole rings is 1. The Morgan fingerprint density at radius 3 is 2.69 bits per heavy atom. The van der Waals surface area contributed by atoms with E-state index in [2.05, 4.69) is 21.6 Å². The van der Waals surface area contributed by atoms with Gasteiger partial charge in [-0.05, 0) is 23.8 Å². The van der Waals surface area contributed by atoms with Crippen LogP contribution < -0.4 is 5.48 Å². The van der Waals surface area contributed by atoms with Gasteiger partial charge in [-0.3, -0.25) is 14.9 Å². The van der Waals surface area contributed by atoms with E-state index >= 15 is 0 Å². The second-order valence-electron chi connectivity index (χ2n) is 6.96. The number of hydroxylamine groups is 1. The van der Waals surface area contributed by atoms with E-state index in [0.717, 1.165) is 67.4 Å². The minimum atomic E-state index is -0.564. The van der Waals surface area contributed by atoms with Crippen LogP contribution in [-0.4, -0.2) is 58.4 Å². The second kappa shape index (κ2) is 9.00. The van der Waals surface area contributed by atoms with Crippen LogP contribution in [0.4, 0.5) is 0 Å². The highest BCUT2D eigenvalue weighted by Crippen LogP contribution is 2.26. The van der Waals surface area contributed by atoms with Crippen LogP contribution in [0.3, 0.4) is 0 Å². The number of ether oxygens (including phenoxy) is 1. The fraction of sp³-hybridized carbons (Fsp3) is 0.273. The first kappa shape index (κ1) is 19.3. The number of nitrogens with one attached hydrogen (secondary N) is 1. The van der Waals surface area contributed by atoms with Gasteiger partial charge < -0.3 is 9.30 Å². The summed E-state index contributed by atoms with van der Waals surface area (Å²) in [4.78, 5) is 18.5. The van der Waals surface area contributed by atoms with Crippen molar-refractivity contribution in [1.82, 2.24) is 19.9 Å². The summed E-state index contributed by atoms with van der Waals surface area (Å²) in [5.41, 5.74) is 5.44. The van der Waals surface area contributed by atoms with Crippen molar-refractivity contribution in [2.24, 2.45) is 0 Å². The molecule has 7 nitrogen and oxygen atoms in total. The molecule has 1 saturated heterocycles. The molecule has 0 radical (unpaired) electrons. The summed E-state index contributed by atoms with van der Waals surface area (Å²) < 4.78 is 7.71. The van der Waals surface area contributed by atoms with E-state index in [9.17, 15) is 4.79 Å². The monoisotopic (exact) mass is 392 g/mol. The second-order valence-corrected chi connectivity index (χ2v) is 6.96. The van der Waals surface area contributed by atoms with E-state index in [-0.39, 0.29) is 0 Å². The van der Waals surface area contributed by atoms with Crippen molar-refractivity contribution >= 4 is 23.0 Å². The predicted octanol–water partition coefficient (Wildman–Crippen LogP) is 2.55. The van der Waals surface area contributed by atoms with E-state index in [1.165, 1.54) is 6.08 Å². The molecule has 29 heavy (non-hydrogen) atoms. The van der Waals surface area contributed by atoms with Crippen LogP contribution in [0.25, 0.3) is 28.5 Å². The number of fused-ring (bicyclic) bond motifs is 1. The lowest BCUT2D eigenvalue weighted by atomic mass is 10.2. The number of aromatic nitrogens is 2.